The molecule has 0 radical (unpaired) electrons. The van der Waals surface area contributed by atoms with E-state index in [2.05, 4.69) is 10.2 Å². The molecule has 3 rings (SSSR count). The van der Waals surface area contributed by atoms with Crippen molar-refractivity contribution in [3.63, 3.8) is 0 Å². The van der Waals surface area contributed by atoms with Crippen LogP contribution in [0.2, 0.25) is 0 Å². The summed E-state index contributed by atoms with van der Waals surface area (Å²) in [4.78, 5) is 13.4. The van der Waals surface area contributed by atoms with Gasteiger partial charge in [-0.3, -0.25) is 10.2 Å². The third kappa shape index (κ3) is 6.42. The lowest BCUT2D eigenvalue weighted by atomic mass is 9.84. The van der Waals surface area contributed by atoms with Crippen molar-refractivity contribution in [3.05, 3.63) is 40.0 Å². The molecule has 204 valence electrons. The zero-order chi connectivity index (χ0) is 26.6. The normalized spacial score (nSPS) is 11.4. The fraction of sp³-hybridized carbons (Fsp3) is 0.538. The van der Waals surface area contributed by atoms with Gasteiger partial charge < -0.3 is 19.3 Å². The third-order valence-corrected chi connectivity index (χ3v) is 5.96. The summed E-state index contributed by atoms with van der Waals surface area (Å²) < 4.78 is 20.0. The number of ketones is 1. The summed E-state index contributed by atoms with van der Waals surface area (Å²) in [6.07, 6.45) is 1.30. The maximum atomic E-state index is 13.4. The number of Topliss-reactive ketones (excluding diaryl/α,β-unsaturated/α-hetero) is 1. The molecule has 0 unspecified atom stereocenters. The average molecular weight is 536 g/mol. The lowest BCUT2D eigenvalue weighted by Crippen LogP contribution is -2.27. The number of benzene rings is 1. The minimum absolute atomic E-state index is 0. The number of aryl methyl sites for hydroxylation is 1. The molecule has 0 aliphatic rings. The Morgan fingerprint density at radius 1 is 1.11 bits per heavy atom. The monoisotopic (exact) mass is 535 g/mol. The highest BCUT2D eigenvalue weighted by Gasteiger charge is 2.25. The van der Waals surface area contributed by atoms with Crippen LogP contribution in [-0.2, 0) is 12.0 Å². The molecule has 2 heterocycles. The van der Waals surface area contributed by atoms with Crippen molar-refractivity contribution in [1.29, 1.82) is 5.41 Å². The SMILES string of the molecule is CCCOc1nn2c(=N)n(CC(=O)c3cc(OCCCO)c(OC)c(C(C)(C)C)c3)nc2c(C)c1C.Cl. The Hall–Kier alpha value is -3.11. The molecule has 37 heavy (non-hydrogen) atoms. The summed E-state index contributed by atoms with van der Waals surface area (Å²) in [7, 11) is 1.57. The summed E-state index contributed by atoms with van der Waals surface area (Å²) in [5.41, 5.74) is 3.12. The Morgan fingerprint density at radius 3 is 2.41 bits per heavy atom. The molecule has 1 aromatic carbocycles. The maximum Gasteiger partial charge on any atom is 0.242 e. The molecule has 0 atom stereocenters. The average Bonchev–Trinajstić information content (AvgIpc) is 3.14. The van der Waals surface area contributed by atoms with E-state index in [4.69, 9.17) is 24.7 Å². The van der Waals surface area contributed by atoms with Crippen LogP contribution in [-0.4, -0.2) is 57.2 Å². The number of aliphatic hydroxyl groups excluding tert-OH is 1. The van der Waals surface area contributed by atoms with Gasteiger partial charge in [0, 0.05) is 35.3 Å². The van der Waals surface area contributed by atoms with Gasteiger partial charge in [-0.1, -0.05) is 27.7 Å². The standard InChI is InChI=1S/C26H37N5O5.ClH/c1-8-11-36-24-17(3)16(2)23-28-30(25(27)31(23)29-24)15-20(33)18-13-19(26(4,5)6)22(34-7)21(14-18)35-12-9-10-32;/h13-14,27,32H,8-12,15H2,1-7H3;1H. The van der Waals surface area contributed by atoms with E-state index in [1.54, 1.807) is 13.2 Å². The van der Waals surface area contributed by atoms with Gasteiger partial charge >= 0.3 is 0 Å². The number of hydrogen-bond donors (Lipinski definition) is 2. The molecule has 2 N–H and O–H groups in total. The lowest BCUT2D eigenvalue weighted by molar-refractivity contribution is 0.0964. The van der Waals surface area contributed by atoms with Crippen molar-refractivity contribution in [2.24, 2.45) is 0 Å². The predicted octanol–water partition coefficient (Wildman–Crippen LogP) is 3.79. The Balaban J connectivity index is 0.00000481. The number of nitrogens with zero attached hydrogens (tertiary/aromatic N) is 4. The molecule has 0 amide bonds. The number of aliphatic hydroxyl groups is 1. The maximum absolute atomic E-state index is 13.4. The molecule has 0 fully saturated rings. The largest absolute Gasteiger partial charge is 0.493 e. The minimum Gasteiger partial charge on any atom is -0.493 e. The second-order valence-electron chi connectivity index (χ2n) is 9.77. The van der Waals surface area contributed by atoms with Crippen molar-refractivity contribution in [1.82, 2.24) is 19.4 Å². The van der Waals surface area contributed by atoms with Crippen molar-refractivity contribution in [3.8, 4) is 17.4 Å². The number of rotatable bonds is 11. The van der Waals surface area contributed by atoms with E-state index in [9.17, 15) is 4.79 Å². The fourth-order valence-electron chi connectivity index (χ4n) is 3.79. The Morgan fingerprint density at radius 2 is 1.81 bits per heavy atom. The number of ether oxygens (including phenoxy) is 3. The van der Waals surface area contributed by atoms with E-state index in [0.29, 0.717) is 48.2 Å². The van der Waals surface area contributed by atoms with Crippen LogP contribution in [0.25, 0.3) is 5.65 Å². The Bertz CT molecular complexity index is 1310. The predicted molar refractivity (Wildman–Crippen MR) is 143 cm³/mol. The summed E-state index contributed by atoms with van der Waals surface area (Å²) in [5.74, 6) is 1.24. The van der Waals surface area contributed by atoms with E-state index < -0.39 is 0 Å². The van der Waals surface area contributed by atoms with Crippen molar-refractivity contribution >= 4 is 23.8 Å². The highest BCUT2D eigenvalue weighted by molar-refractivity contribution is 5.97. The van der Waals surface area contributed by atoms with Crippen LogP contribution in [0.5, 0.6) is 17.4 Å². The summed E-state index contributed by atoms with van der Waals surface area (Å²) in [5, 5.41) is 26.7. The van der Waals surface area contributed by atoms with Crippen LogP contribution in [0.4, 0.5) is 0 Å². The van der Waals surface area contributed by atoms with Gasteiger partial charge in [0.05, 0.1) is 20.3 Å². The molecule has 0 aliphatic heterocycles. The van der Waals surface area contributed by atoms with E-state index >= 15 is 0 Å². The van der Waals surface area contributed by atoms with Crippen LogP contribution < -0.4 is 19.8 Å². The van der Waals surface area contributed by atoms with E-state index in [-0.39, 0.29) is 42.4 Å². The van der Waals surface area contributed by atoms with Crippen LogP contribution in [0.3, 0.4) is 0 Å². The first-order valence-electron chi connectivity index (χ1n) is 12.2. The minimum atomic E-state index is -0.318. The second kappa shape index (κ2) is 12.4. The summed E-state index contributed by atoms with van der Waals surface area (Å²) >= 11 is 0. The molecular formula is C26H38ClN5O5. The summed E-state index contributed by atoms with van der Waals surface area (Å²) in [6.45, 7) is 12.6. The number of nitrogens with one attached hydrogen (secondary N) is 1. The fourth-order valence-corrected chi connectivity index (χ4v) is 3.79. The van der Waals surface area contributed by atoms with Gasteiger partial charge in [0.1, 0.15) is 6.54 Å². The number of carbonyl (C=O) groups excluding carboxylic acids is 1. The topological polar surface area (TPSA) is 124 Å². The third-order valence-electron chi connectivity index (χ3n) is 5.96. The van der Waals surface area contributed by atoms with E-state index in [1.165, 1.54) is 9.20 Å². The van der Waals surface area contributed by atoms with Gasteiger partial charge in [0.15, 0.2) is 22.9 Å². The number of hydrogen-bond acceptors (Lipinski definition) is 8. The number of fused-ring (bicyclic) bond motifs is 1. The van der Waals surface area contributed by atoms with Crippen molar-refractivity contribution in [2.75, 3.05) is 26.9 Å². The second-order valence-corrected chi connectivity index (χ2v) is 9.77. The number of methoxy groups -OCH3 is 1. The molecule has 3 aromatic rings. The Labute approximate surface area is 223 Å². The molecule has 11 heteroatoms. The van der Waals surface area contributed by atoms with E-state index in [1.807, 2.05) is 47.6 Å². The van der Waals surface area contributed by atoms with Gasteiger partial charge in [0.2, 0.25) is 11.5 Å². The zero-order valence-corrected chi connectivity index (χ0v) is 23.5. The van der Waals surface area contributed by atoms with Gasteiger partial charge in [-0.05, 0) is 37.8 Å². The van der Waals surface area contributed by atoms with E-state index in [0.717, 1.165) is 23.1 Å². The highest BCUT2D eigenvalue weighted by Crippen LogP contribution is 2.40. The molecule has 0 spiro atoms. The van der Waals surface area contributed by atoms with Crippen molar-refractivity contribution < 1.29 is 24.1 Å². The first-order chi connectivity index (χ1) is 17.0. The van der Waals surface area contributed by atoms with Crippen LogP contribution >= 0.6 is 12.4 Å². The number of aromatic nitrogens is 4. The first kappa shape index (κ1) is 30.1. The first-order valence-corrected chi connectivity index (χ1v) is 12.2. The Kier molecular flexibility index (Phi) is 10.1. The van der Waals surface area contributed by atoms with Gasteiger partial charge in [0.25, 0.3) is 0 Å². The molecule has 0 saturated heterocycles. The van der Waals surface area contributed by atoms with Crippen LogP contribution in [0.15, 0.2) is 12.1 Å². The number of carbonyl (C=O) groups is 1. The molecule has 0 saturated carbocycles. The van der Waals surface area contributed by atoms with Gasteiger partial charge in [-0.25, -0.2) is 4.68 Å². The lowest BCUT2D eigenvalue weighted by Gasteiger charge is -2.25. The molecule has 2 aromatic heterocycles. The van der Waals surface area contributed by atoms with Crippen LogP contribution in [0.1, 0.15) is 67.6 Å². The van der Waals surface area contributed by atoms with Gasteiger partial charge in [-0.2, -0.15) is 4.52 Å². The number of halogens is 1. The summed E-state index contributed by atoms with van der Waals surface area (Å²) in [6, 6.07) is 3.46. The molecule has 10 nitrogen and oxygen atoms in total. The smallest absolute Gasteiger partial charge is 0.242 e. The molecule has 0 aliphatic carbocycles. The van der Waals surface area contributed by atoms with Gasteiger partial charge in [-0.15, -0.1) is 22.6 Å². The molecule has 0 bridgehead atoms. The molecular weight excluding hydrogens is 498 g/mol. The highest BCUT2D eigenvalue weighted by atomic mass is 35.5. The van der Waals surface area contributed by atoms with Crippen LogP contribution in [0, 0.1) is 19.3 Å². The van der Waals surface area contributed by atoms with Crippen molar-refractivity contribution in [2.45, 2.75) is 66.3 Å². The quantitative estimate of drug-likeness (QED) is 0.283. The zero-order valence-electron chi connectivity index (χ0n) is 22.7.